The van der Waals surface area contributed by atoms with Gasteiger partial charge >= 0.3 is 0 Å². The molecule has 0 aliphatic rings. The predicted molar refractivity (Wildman–Crippen MR) is 71.7 cm³/mol. The second-order valence-corrected chi connectivity index (χ2v) is 7.26. The second-order valence-electron chi connectivity index (χ2n) is 4.09. The van der Waals surface area contributed by atoms with Gasteiger partial charge in [0.05, 0.1) is 7.11 Å². The molecule has 0 heterocycles. The van der Waals surface area contributed by atoms with Crippen LogP contribution < -0.4 is 4.74 Å². The summed E-state index contributed by atoms with van der Waals surface area (Å²) < 4.78 is 26.7. The highest BCUT2D eigenvalue weighted by Crippen LogP contribution is 2.39. The van der Waals surface area contributed by atoms with Crippen LogP contribution in [-0.4, -0.2) is 31.1 Å². The molecule has 0 aliphatic carbocycles. The highest BCUT2D eigenvalue weighted by molar-refractivity contribution is 7.93. The molecule has 1 aromatic rings. The van der Waals surface area contributed by atoms with Crippen LogP contribution in [0, 0.1) is 0 Å². The second kappa shape index (κ2) is 5.47. The van der Waals surface area contributed by atoms with Crippen LogP contribution in [0.4, 0.5) is 0 Å². The number of methoxy groups -OCH3 is 1. The SMILES string of the molecule is CC[C@](Cl)([C@@H](O)c1ccc(OC)cc1)S(C)(=O)=O. The minimum Gasteiger partial charge on any atom is -0.497 e. The molecular formula is C12H17ClO4S. The first-order valence-corrected chi connectivity index (χ1v) is 7.73. The fourth-order valence-corrected chi connectivity index (χ4v) is 2.89. The van der Waals surface area contributed by atoms with Crippen molar-refractivity contribution in [1.29, 1.82) is 0 Å². The first kappa shape index (κ1) is 15.3. The number of ether oxygens (including phenoxy) is 1. The number of hydrogen-bond acceptors (Lipinski definition) is 4. The summed E-state index contributed by atoms with van der Waals surface area (Å²) in [7, 11) is -2.07. The lowest BCUT2D eigenvalue weighted by atomic mass is 10.0. The summed E-state index contributed by atoms with van der Waals surface area (Å²) >= 11 is 6.09. The lowest BCUT2D eigenvalue weighted by molar-refractivity contribution is 0.155. The van der Waals surface area contributed by atoms with Crippen molar-refractivity contribution in [2.45, 2.75) is 23.7 Å². The molecule has 0 aromatic heterocycles. The van der Waals surface area contributed by atoms with Gasteiger partial charge in [0.15, 0.2) is 14.0 Å². The van der Waals surface area contributed by atoms with Crippen molar-refractivity contribution < 1.29 is 18.3 Å². The molecule has 0 bridgehead atoms. The van der Waals surface area contributed by atoms with Crippen molar-refractivity contribution in [3.63, 3.8) is 0 Å². The van der Waals surface area contributed by atoms with Gasteiger partial charge in [0, 0.05) is 6.26 Å². The number of sulfone groups is 1. The Morgan fingerprint density at radius 2 is 1.89 bits per heavy atom. The molecule has 0 fully saturated rings. The molecular weight excluding hydrogens is 276 g/mol. The maximum atomic E-state index is 11.7. The molecule has 1 aromatic carbocycles. The Labute approximate surface area is 112 Å². The summed E-state index contributed by atoms with van der Waals surface area (Å²) in [6.07, 6.45) is -0.151. The third-order valence-corrected chi connectivity index (χ3v) is 6.00. The Morgan fingerprint density at radius 1 is 1.39 bits per heavy atom. The van der Waals surface area contributed by atoms with Crippen LogP contribution >= 0.6 is 11.6 Å². The van der Waals surface area contributed by atoms with Crippen LogP contribution in [0.15, 0.2) is 24.3 Å². The summed E-state index contributed by atoms with van der Waals surface area (Å²) in [6, 6.07) is 6.49. The Morgan fingerprint density at radius 3 is 2.22 bits per heavy atom. The number of hydrogen-bond donors (Lipinski definition) is 1. The molecule has 18 heavy (non-hydrogen) atoms. The van der Waals surface area contributed by atoms with E-state index in [9.17, 15) is 13.5 Å². The first-order valence-electron chi connectivity index (χ1n) is 5.46. The maximum Gasteiger partial charge on any atom is 0.174 e. The van der Waals surface area contributed by atoms with E-state index in [1.165, 1.54) is 7.11 Å². The molecule has 1 rings (SSSR count). The van der Waals surface area contributed by atoms with Gasteiger partial charge in [-0.05, 0) is 24.1 Å². The fraction of sp³-hybridized carbons (Fsp3) is 0.500. The minimum absolute atomic E-state index is 0.112. The van der Waals surface area contributed by atoms with Crippen molar-refractivity contribution in [3.05, 3.63) is 29.8 Å². The number of benzene rings is 1. The van der Waals surface area contributed by atoms with E-state index in [-0.39, 0.29) is 6.42 Å². The quantitative estimate of drug-likeness (QED) is 0.844. The standard InChI is InChI=1S/C12H17ClO4S/c1-4-12(13,18(3,15)16)11(14)9-5-7-10(17-2)8-6-9/h5-8,11,14H,4H2,1-3H3/t11-,12+/m0/s1. The van der Waals surface area contributed by atoms with Crippen molar-refractivity contribution in [1.82, 2.24) is 0 Å². The molecule has 6 heteroatoms. The van der Waals surface area contributed by atoms with Gasteiger partial charge < -0.3 is 9.84 Å². The van der Waals surface area contributed by atoms with Gasteiger partial charge in [-0.3, -0.25) is 0 Å². The molecule has 4 nitrogen and oxygen atoms in total. The van der Waals surface area contributed by atoms with Crippen LogP contribution in [0.2, 0.25) is 0 Å². The van der Waals surface area contributed by atoms with E-state index in [0.29, 0.717) is 11.3 Å². The number of halogens is 1. The summed E-state index contributed by atoms with van der Waals surface area (Å²) in [6.45, 7) is 1.63. The van der Waals surface area contributed by atoms with Gasteiger partial charge in [0.1, 0.15) is 11.9 Å². The van der Waals surface area contributed by atoms with Gasteiger partial charge in [-0.25, -0.2) is 8.42 Å². The molecule has 0 spiro atoms. The van der Waals surface area contributed by atoms with Crippen molar-refractivity contribution >= 4 is 21.4 Å². The van der Waals surface area contributed by atoms with E-state index in [1.807, 2.05) is 0 Å². The van der Waals surface area contributed by atoms with Crippen LogP contribution in [0.1, 0.15) is 25.0 Å². The average Bonchev–Trinajstić information content (AvgIpc) is 2.35. The fourth-order valence-electron chi connectivity index (χ4n) is 1.69. The highest BCUT2D eigenvalue weighted by Gasteiger charge is 2.44. The summed E-state index contributed by atoms with van der Waals surface area (Å²) in [5.74, 6) is 0.627. The average molecular weight is 293 g/mol. The number of alkyl halides is 1. The summed E-state index contributed by atoms with van der Waals surface area (Å²) in [5.41, 5.74) is 0.443. The van der Waals surface area contributed by atoms with Gasteiger partial charge in [-0.1, -0.05) is 30.7 Å². The lowest BCUT2D eigenvalue weighted by Crippen LogP contribution is -2.37. The van der Waals surface area contributed by atoms with Gasteiger partial charge in [-0.15, -0.1) is 0 Å². The van der Waals surface area contributed by atoms with Crippen LogP contribution in [-0.2, 0) is 9.84 Å². The van der Waals surface area contributed by atoms with Crippen LogP contribution in [0.5, 0.6) is 5.75 Å². The molecule has 0 saturated carbocycles. The highest BCUT2D eigenvalue weighted by atomic mass is 35.5. The van der Waals surface area contributed by atoms with E-state index in [2.05, 4.69) is 0 Å². The smallest absolute Gasteiger partial charge is 0.174 e. The topological polar surface area (TPSA) is 63.6 Å². The zero-order valence-corrected chi connectivity index (χ0v) is 12.1. The van der Waals surface area contributed by atoms with Gasteiger partial charge in [0.2, 0.25) is 0 Å². The third kappa shape index (κ3) is 2.79. The van der Waals surface area contributed by atoms with Gasteiger partial charge in [0.25, 0.3) is 0 Å². The maximum absolute atomic E-state index is 11.7. The predicted octanol–water partition coefficient (Wildman–Crippen LogP) is 2.12. The number of aliphatic hydroxyl groups excluding tert-OH is 1. The number of rotatable bonds is 5. The zero-order valence-electron chi connectivity index (χ0n) is 10.6. The summed E-state index contributed by atoms with van der Waals surface area (Å²) in [4.78, 5) is 0. The van der Waals surface area contributed by atoms with Gasteiger partial charge in [-0.2, -0.15) is 0 Å². The van der Waals surface area contributed by atoms with E-state index in [0.717, 1.165) is 6.26 Å². The minimum atomic E-state index is -3.59. The molecule has 0 amide bonds. The number of aliphatic hydroxyl groups is 1. The van der Waals surface area contributed by atoms with E-state index < -0.39 is 20.1 Å². The Hall–Kier alpha value is -0.780. The lowest BCUT2D eigenvalue weighted by Gasteiger charge is -2.29. The van der Waals surface area contributed by atoms with E-state index in [1.54, 1.807) is 31.2 Å². The summed E-state index contributed by atoms with van der Waals surface area (Å²) in [5, 5.41) is 10.2. The molecule has 102 valence electrons. The first-order chi connectivity index (χ1) is 8.26. The molecule has 0 unspecified atom stereocenters. The van der Waals surface area contributed by atoms with E-state index in [4.69, 9.17) is 16.3 Å². The third-order valence-electron chi connectivity index (χ3n) is 2.94. The van der Waals surface area contributed by atoms with Crippen molar-refractivity contribution in [3.8, 4) is 5.75 Å². The van der Waals surface area contributed by atoms with Crippen molar-refractivity contribution in [2.75, 3.05) is 13.4 Å². The Kier molecular flexibility index (Phi) is 4.64. The molecule has 0 saturated heterocycles. The van der Waals surface area contributed by atoms with Crippen LogP contribution in [0.3, 0.4) is 0 Å². The monoisotopic (exact) mass is 292 g/mol. The Bertz CT molecular complexity index is 497. The Balaban J connectivity index is 3.15. The molecule has 1 N–H and O–H groups in total. The molecule has 2 atom stereocenters. The van der Waals surface area contributed by atoms with Crippen LogP contribution in [0.25, 0.3) is 0 Å². The van der Waals surface area contributed by atoms with Crippen molar-refractivity contribution in [2.24, 2.45) is 0 Å². The zero-order chi connectivity index (χ0) is 14.0. The normalized spacial score (nSPS) is 16.9. The molecule has 0 aliphatic heterocycles. The molecule has 0 radical (unpaired) electrons. The largest absolute Gasteiger partial charge is 0.497 e. The van der Waals surface area contributed by atoms with E-state index >= 15 is 0 Å².